The lowest BCUT2D eigenvalue weighted by Gasteiger charge is -2.03. The highest BCUT2D eigenvalue weighted by Crippen LogP contribution is 2.21. The van der Waals surface area contributed by atoms with Crippen LogP contribution in [0.5, 0.6) is 0 Å². The van der Waals surface area contributed by atoms with Crippen molar-refractivity contribution in [2.24, 2.45) is 0 Å². The van der Waals surface area contributed by atoms with Gasteiger partial charge in [-0.15, -0.1) is 0 Å². The SMILES string of the molecule is Nc1nccc2c(C#CCC(O)CO)cccc12. The average Bonchev–Trinajstić information content (AvgIpc) is 2.39. The Labute approximate surface area is 105 Å². The number of nitrogen functional groups attached to an aromatic ring is 1. The van der Waals surface area contributed by atoms with Gasteiger partial charge in [0.25, 0.3) is 0 Å². The lowest BCUT2D eigenvalue weighted by atomic mass is 10.1. The van der Waals surface area contributed by atoms with Gasteiger partial charge in [-0.3, -0.25) is 0 Å². The predicted molar refractivity (Wildman–Crippen MR) is 70.7 cm³/mol. The van der Waals surface area contributed by atoms with Gasteiger partial charge in [-0.1, -0.05) is 24.0 Å². The zero-order valence-corrected chi connectivity index (χ0v) is 9.80. The maximum absolute atomic E-state index is 9.21. The van der Waals surface area contributed by atoms with E-state index in [9.17, 15) is 5.11 Å². The first kappa shape index (κ1) is 12.4. The Bertz CT molecular complexity index is 614. The normalized spacial score (nSPS) is 11.9. The van der Waals surface area contributed by atoms with Gasteiger partial charge in [0.1, 0.15) is 5.82 Å². The molecule has 1 aromatic carbocycles. The molecule has 1 aromatic heterocycles. The first-order valence-corrected chi connectivity index (χ1v) is 5.63. The number of benzene rings is 1. The van der Waals surface area contributed by atoms with E-state index in [-0.39, 0.29) is 13.0 Å². The van der Waals surface area contributed by atoms with Crippen molar-refractivity contribution in [3.63, 3.8) is 0 Å². The molecule has 1 heterocycles. The number of fused-ring (bicyclic) bond motifs is 1. The zero-order chi connectivity index (χ0) is 13.0. The molecule has 0 aliphatic carbocycles. The minimum Gasteiger partial charge on any atom is -0.394 e. The highest BCUT2D eigenvalue weighted by Gasteiger charge is 2.02. The molecular formula is C14H14N2O2. The number of hydrogen-bond donors (Lipinski definition) is 3. The van der Waals surface area contributed by atoms with Crippen LogP contribution in [0, 0.1) is 11.8 Å². The molecule has 0 amide bonds. The minimum atomic E-state index is -0.792. The molecule has 0 saturated heterocycles. The molecule has 0 bridgehead atoms. The van der Waals surface area contributed by atoms with Crippen LogP contribution in [0.3, 0.4) is 0 Å². The van der Waals surface area contributed by atoms with Gasteiger partial charge in [-0.25, -0.2) is 4.98 Å². The number of nitrogens with two attached hydrogens (primary N) is 1. The van der Waals surface area contributed by atoms with Crippen LogP contribution >= 0.6 is 0 Å². The molecule has 4 heteroatoms. The lowest BCUT2D eigenvalue weighted by molar-refractivity contribution is 0.0992. The second-order valence-corrected chi connectivity index (χ2v) is 3.94. The number of nitrogens with zero attached hydrogens (tertiary/aromatic N) is 1. The molecule has 4 nitrogen and oxygen atoms in total. The number of anilines is 1. The monoisotopic (exact) mass is 242 g/mol. The van der Waals surface area contributed by atoms with E-state index in [2.05, 4.69) is 16.8 Å². The highest BCUT2D eigenvalue weighted by molar-refractivity contribution is 5.94. The van der Waals surface area contributed by atoms with Gasteiger partial charge in [-0.2, -0.15) is 0 Å². The van der Waals surface area contributed by atoms with Crippen molar-refractivity contribution in [1.82, 2.24) is 4.98 Å². The Kier molecular flexibility index (Phi) is 3.78. The molecule has 92 valence electrons. The molecule has 1 unspecified atom stereocenters. The van der Waals surface area contributed by atoms with Crippen molar-refractivity contribution in [2.75, 3.05) is 12.3 Å². The van der Waals surface area contributed by atoms with Crippen molar-refractivity contribution in [3.05, 3.63) is 36.0 Å². The van der Waals surface area contributed by atoms with Gasteiger partial charge in [0, 0.05) is 29.0 Å². The molecule has 0 fully saturated rings. The Morgan fingerprint density at radius 3 is 2.89 bits per heavy atom. The van der Waals surface area contributed by atoms with Crippen molar-refractivity contribution in [3.8, 4) is 11.8 Å². The van der Waals surface area contributed by atoms with Crippen LogP contribution in [0.15, 0.2) is 30.5 Å². The topological polar surface area (TPSA) is 79.4 Å². The summed E-state index contributed by atoms with van der Waals surface area (Å²) in [6.07, 6.45) is 1.10. The second kappa shape index (κ2) is 5.50. The van der Waals surface area contributed by atoms with Gasteiger partial charge in [0.15, 0.2) is 0 Å². The van der Waals surface area contributed by atoms with E-state index in [1.807, 2.05) is 24.3 Å². The third-order valence-electron chi connectivity index (χ3n) is 2.61. The van der Waals surface area contributed by atoms with Gasteiger partial charge in [0.05, 0.1) is 12.7 Å². The van der Waals surface area contributed by atoms with Gasteiger partial charge in [0.2, 0.25) is 0 Å². The fourth-order valence-corrected chi connectivity index (χ4v) is 1.67. The number of hydrogen-bond acceptors (Lipinski definition) is 4. The summed E-state index contributed by atoms with van der Waals surface area (Å²) in [6, 6.07) is 7.51. The Balaban J connectivity index is 2.37. The molecule has 0 saturated carbocycles. The molecule has 4 N–H and O–H groups in total. The smallest absolute Gasteiger partial charge is 0.131 e. The van der Waals surface area contributed by atoms with E-state index in [1.165, 1.54) is 0 Å². The minimum absolute atomic E-state index is 0.244. The van der Waals surface area contributed by atoms with Crippen molar-refractivity contribution >= 4 is 16.6 Å². The van der Waals surface area contributed by atoms with Crippen LogP contribution in [0.1, 0.15) is 12.0 Å². The van der Waals surface area contributed by atoms with Crippen LogP contribution in [0.4, 0.5) is 5.82 Å². The zero-order valence-electron chi connectivity index (χ0n) is 9.80. The summed E-state index contributed by atoms with van der Waals surface area (Å²) in [5.41, 5.74) is 6.63. The molecule has 0 aliphatic heterocycles. The summed E-state index contributed by atoms with van der Waals surface area (Å²) >= 11 is 0. The maximum Gasteiger partial charge on any atom is 0.131 e. The summed E-state index contributed by atoms with van der Waals surface area (Å²) in [5.74, 6) is 6.30. The third kappa shape index (κ3) is 2.59. The van der Waals surface area contributed by atoms with Crippen LogP contribution in [-0.2, 0) is 0 Å². The number of aromatic nitrogens is 1. The van der Waals surface area contributed by atoms with Gasteiger partial charge < -0.3 is 15.9 Å². The fraction of sp³-hybridized carbons (Fsp3) is 0.214. The summed E-state index contributed by atoms with van der Waals surface area (Å²) in [6.45, 7) is -0.277. The van der Waals surface area contributed by atoms with Crippen molar-refractivity contribution < 1.29 is 10.2 Å². The van der Waals surface area contributed by atoms with Crippen LogP contribution in [0.2, 0.25) is 0 Å². The van der Waals surface area contributed by atoms with E-state index in [0.29, 0.717) is 5.82 Å². The van der Waals surface area contributed by atoms with Gasteiger partial charge in [-0.05, 0) is 12.1 Å². The van der Waals surface area contributed by atoms with E-state index < -0.39 is 6.10 Å². The molecular weight excluding hydrogens is 228 g/mol. The van der Waals surface area contributed by atoms with E-state index in [0.717, 1.165) is 16.3 Å². The van der Waals surface area contributed by atoms with Crippen LogP contribution in [-0.4, -0.2) is 27.9 Å². The van der Waals surface area contributed by atoms with Crippen LogP contribution in [0.25, 0.3) is 10.8 Å². The summed E-state index contributed by atoms with van der Waals surface area (Å²) < 4.78 is 0. The fourth-order valence-electron chi connectivity index (χ4n) is 1.67. The molecule has 18 heavy (non-hydrogen) atoms. The molecule has 2 aromatic rings. The first-order valence-electron chi connectivity index (χ1n) is 5.63. The van der Waals surface area contributed by atoms with E-state index >= 15 is 0 Å². The Morgan fingerprint density at radius 1 is 1.28 bits per heavy atom. The predicted octanol–water partition coefficient (Wildman–Crippen LogP) is 0.912. The number of rotatable bonds is 2. The largest absolute Gasteiger partial charge is 0.394 e. The first-order chi connectivity index (χ1) is 8.72. The molecule has 2 rings (SSSR count). The van der Waals surface area contributed by atoms with E-state index in [4.69, 9.17) is 10.8 Å². The molecule has 0 aliphatic rings. The molecule has 0 spiro atoms. The van der Waals surface area contributed by atoms with Crippen molar-refractivity contribution in [2.45, 2.75) is 12.5 Å². The standard InChI is InChI=1S/C14H14N2O2/c15-14-13-6-2-4-10(12(13)7-8-16-14)3-1-5-11(18)9-17/h2,4,6-8,11,17-18H,5,9H2,(H2,15,16). The van der Waals surface area contributed by atoms with E-state index in [1.54, 1.807) is 6.20 Å². The Morgan fingerprint density at radius 2 is 2.11 bits per heavy atom. The lowest BCUT2D eigenvalue weighted by Crippen LogP contribution is -2.09. The van der Waals surface area contributed by atoms with Gasteiger partial charge >= 0.3 is 0 Å². The average molecular weight is 242 g/mol. The maximum atomic E-state index is 9.21. The third-order valence-corrected chi connectivity index (χ3v) is 2.61. The quantitative estimate of drug-likeness (QED) is 0.684. The molecule has 1 atom stereocenters. The second-order valence-electron chi connectivity index (χ2n) is 3.94. The number of aliphatic hydroxyl groups is 2. The summed E-state index contributed by atoms with van der Waals surface area (Å²) in [4.78, 5) is 4.03. The molecule has 0 radical (unpaired) electrons. The van der Waals surface area contributed by atoms with Crippen LogP contribution < -0.4 is 5.73 Å². The number of pyridine rings is 1. The Hall–Kier alpha value is -2.09. The summed E-state index contributed by atoms with van der Waals surface area (Å²) in [5, 5.41) is 19.7. The van der Waals surface area contributed by atoms with Crippen molar-refractivity contribution in [1.29, 1.82) is 0 Å². The summed E-state index contributed by atoms with van der Waals surface area (Å²) in [7, 11) is 0. The highest BCUT2D eigenvalue weighted by atomic mass is 16.3. The number of aliphatic hydroxyl groups excluding tert-OH is 2.